The van der Waals surface area contributed by atoms with Crippen LogP contribution in [-0.2, 0) is 11.2 Å². The molecule has 2 fully saturated rings. The molecule has 2 aliphatic rings. The average Bonchev–Trinajstić information content (AvgIpc) is 3.20. The summed E-state index contributed by atoms with van der Waals surface area (Å²) in [6, 6.07) is 7.10. The molecule has 0 spiro atoms. The van der Waals surface area contributed by atoms with Crippen LogP contribution in [0, 0.1) is 0 Å². The lowest BCUT2D eigenvalue weighted by molar-refractivity contribution is -0.121. The molecule has 9 heteroatoms. The van der Waals surface area contributed by atoms with Crippen molar-refractivity contribution in [1.82, 2.24) is 20.2 Å². The summed E-state index contributed by atoms with van der Waals surface area (Å²) in [4.78, 5) is 50.1. The normalized spacial score (nSPS) is 19.7. The minimum absolute atomic E-state index is 0.0462. The highest BCUT2D eigenvalue weighted by atomic mass is 16.2. The number of aromatic amines is 1. The van der Waals surface area contributed by atoms with Crippen molar-refractivity contribution in [2.45, 2.75) is 25.8 Å². The molecule has 2 N–H and O–H groups in total. The summed E-state index contributed by atoms with van der Waals surface area (Å²) in [5.41, 5.74) is 1.97. The third-order valence-corrected chi connectivity index (χ3v) is 6.15. The molecule has 164 valence electrons. The minimum Gasteiger partial charge on any atom is -0.368 e. The molecule has 31 heavy (non-hydrogen) atoms. The number of H-pyrrole nitrogens is 1. The summed E-state index contributed by atoms with van der Waals surface area (Å²) in [5.74, 6) is 0.423. The van der Waals surface area contributed by atoms with E-state index in [0.29, 0.717) is 24.5 Å². The van der Waals surface area contributed by atoms with Gasteiger partial charge in [0.1, 0.15) is 11.5 Å². The van der Waals surface area contributed by atoms with E-state index < -0.39 is 0 Å². The van der Waals surface area contributed by atoms with E-state index >= 15 is 0 Å². The van der Waals surface area contributed by atoms with Crippen molar-refractivity contribution in [1.29, 1.82) is 0 Å². The second kappa shape index (κ2) is 8.89. The summed E-state index contributed by atoms with van der Waals surface area (Å²) < 4.78 is 0. The molecular weight excluding hydrogens is 396 g/mol. The number of rotatable bonds is 5. The van der Waals surface area contributed by atoms with E-state index in [0.717, 1.165) is 43.9 Å². The number of carbonyl (C=O) groups is 2. The van der Waals surface area contributed by atoms with E-state index in [1.807, 2.05) is 19.1 Å². The van der Waals surface area contributed by atoms with Crippen molar-refractivity contribution < 1.29 is 9.59 Å². The van der Waals surface area contributed by atoms with Gasteiger partial charge in [-0.15, -0.1) is 0 Å². The van der Waals surface area contributed by atoms with Gasteiger partial charge in [0.2, 0.25) is 5.91 Å². The minimum atomic E-state index is -0.202. The molecule has 1 atom stereocenters. The molecule has 0 radical (unpaired) electrons. The molecule has 0 aromatic carbocycles. The number of aromatic nitrogens is 2. The Kier molecular flexibility index (Phi) is 6.03. The molecule has 9 nitrogen and oxygen atoms in total. The van der Waals surface area contributed by atoms with Gasteiger partial charge in [0, 0.05) is 45.3 Å². The van der Waals surface area contributed by atoms with Gasteiger partial charge < -0.3 is 15.2 Å². The Balaban J connectivity index is 1.37. The maximum absolute atomic E-state index is 13.1. The fourth-order valence-electron chi connectivity index (χ4n) is 4.30. The third-order valence-electron chi connectivity index (χ3n) is 6.15. The summed E-state index contributed by atoms with van der Waals surface area (Å²) in [7, 11) is 1.58. The van der Waals surface area contributed by atoms with Crippen LogP contribution in [0.15, 0.2) is 35.3 Å². The van der Waals surface area contributed by atoms with Crippen molar-refractivity contribution in [2.24, 2.45) is 0 Å². The monoisotopic (exact) mass is 424 g/mol. The van der Waals surface area contributed by atoms with Gasteiger partial charge >= 0.3 is 0 Å². The molecule has 4 heterocycles. The quantitative estimate of drug-likeness (QED) is 0.730. The van der Waals surface area contributed by atoms with Crippen LogP contribution >= 0.6 is 0 Å². The van der Waals surface area contributed by atoms with Gasteiger partial charge in [-0.3, -0.25) is 24.2 Å². The first-order valence-corrected chi connectivity index (χ1v) is 10.7. The molecular formula is C22H28N6O3. The van der Waals surface area contributed by atoms with Crippen LogP contribution in [-0.4, -0.2) is 72.5 Å². The van der Waals surface area contributed by atoms with E-state index in [9.17, 15) is 14.4 Å². The van der Waals surface area contributed by atoms with E-state index in [4.69, 9.17) is 0 Å². The molecule has 1 unspecified atom stereocenters. The zero-order valence-corrected chi connectivity index (χ0v) is 17.9. The molecule has 2 amide bonds. The highest BCUT2D eigenvalue weighted by Crippen LogP contribution is 2.24. The van der Waals surface area contributed by atoms with Gasteiger partial charge in [-0.25, -0.2) is 4.98 Å². The first-order valence-electron chi connectivity index (χ1n) is 10.7. The fourth-order valence-corrected chi connectivity index (χ4v) is 4.30. The number of pyridine rings is 2. The standard InChI is InChI=1S/C22H28N6O3/c1-3-15-4-7-19(25-20(15)29)28-9-8-18(22(28)31)27-12-10-26(11-13-27)16-5-6-17(24-14-16)21(30)23-2/h4-7,14,18H,3,8-13H2,1-2H3,(H,23,30)(H,25,29). The molecule has 2 aromatic heterocycles. The second-order valence-electron chi connectivity index (χ2n) is 7.85. The van der Waals surface area contributed by atoms with Crippen molar-refractivity contribution in [3.8, 4) is 0 Å². The number of nitrogens with one attached hydrogen (secondary N) is 2. The third kappa shape index (κ3) is 4.18. The Morgan fingerprint density at radius 2 is 1.90 bits per heavy atom. The van der Waals surface area contributed by atoms with E-state index in [1.165, 1.54) is 0 Å². The van der Waals surface area contributed by atoms with E-state index in [1.54, 1.807) is 30.3 Å². The predicted molar refractivity (Wildman–Crippen MR) is 119 cm³/mol. The Morgan fingerprint density at radius 3 is 2.52 bits per heavy atom. The van der Waals surface area contributed by atoms with Crippen LogP contribution in [0.2, 0.25) is 0 Å². The maximum atomic E-state index is 13.1. The van der Waals surface area contributed by atoms with E-state index in [-0.39, 0.29) is 23.4 Å². The predicted octanol–water partition coefficient (Wildman–Crippen LogP) is 0.619. The fraction of sp³-hybridized carbons (Fsp3) is 0.455. The Bertz CT molecular complexity index is 1010. The Labute approximate surface area is 181 Å². The summed E-state index contributed by atoms with van der Waals surface area (Å²) in [6.45, 7) is 5.66. The maximum Gasteiger partial charge on any atom is 0.269 e. The molecule has 0 saturated carbocycles. The van der Waals surface area contributed by atoms with Crippen LogP contribution < -0.4 is 20.7 Å². The lowest BCUT2D eigenvalue weighted by atomic mass is 10.1. The number of nitrogens with zero attached hydrogens (tertiary/aromatic N) is 4. The van der Waals surface area contributed by atoms with Gasteiger partial charge in [0.15, 0.2) is 0 Å². The van der Waals surface area contributed by atoms with Gasteiger partial charge in [0.05, 0.1) is 17.9 Å². The Hall–Kier alpha value is -3.20. The number of piperazine rings is 1. The number of aryl methyl sites for hydroxylation is 1. The van der Waals surface area contributed by atoms with Crippen LogP contribution in [0.1, 0.15) is 29.4 Å². The van der Waals surface area contributed by atoms with Gasteiger partial charge in [-0.2, -0.15) is 0 Å². The number of carbonyl (C=O) groups excluding carboxylic acids is 2. The van der Waals surface area contributed by atoms with Crippen molar-refractivity contribution in [3.05, 3.63) is 52.1 Å². The zero-order valence-electron chi connectivity index (χ0n) is 17.9. The zero-order chi connectivity index (χ0) is 22.0. The lowest BCUT2D eigenvalue weighted by Crippen LogP contribution is -2.52. The SMILES string of the molecule is CCc1ccc(N2CCC(N3CCN(c4ccc(C(=O)NC)nc4)CC3)C2=O)[nH]c1=O. The molecule has 2 aliphatic heterocycles. The molecule has 4 rings (SSSR count). The molecule has 0 bridgehead atoms. The number of hydrogen-bond acceptors (Lipinski definition) is 6. The highest BCUT2D eigenvalue weighted by Gasteiger charge is 2.38. The van der Waals surface area contributed by atoms with E-state index in [2.05, 4.69) is 25.1 Å². The van der Waals surface area contributed by atoms with Gasteiger partial charge in [-0.1, -0.05) is 6.92 Å². The average molecular weight is 425 g/mol. The van der Waals surface area contributed by atoms with Crippen molar-refractivity contribution in [2.75, 3.05) is 49.6 Å². The van der Waals surface area contributed by atoms with Crippen LogP contribution in [0.3, 0.4) is 0 Å². The second-order valence-corrected chi connectivity index (χ2v) is 7.85. The van der Waals surface area contributed by atoms with Gasteiger partial charge in [-0.05, 0) is 37.1 Å². The molecule has 2 saturated heterocycles. The van der Waals surface area contributed by atoms with Crippen LogP contribution in [0.25, 0.3) is 0 Å². The number of amides is 2. The first-order chi connectivity index (χ1) is 15.0. The topological polar surface area (TPSA) is 102 Å². The molecule has 2 aromatic rings. The summed E-state index contributed by atoms with van der Waals surface area (Å²) in [5, 5.41) is 2.57. The smallest absolute Gasteiger partial charge is 0.269 e. The largest absolute Gasteiger partial charge is 0.368 e. The summed E-state index contributed by atoms with van der Waals surface area (Å²) in [6.07, 6.45) is 3.14. The molecule has 0 aliphatic carbocycles. The van der Waals surface area contributed by atoms with Crippen molar-refractivity contribution in [3.63, 3.8) is 0 Å². The van der Waals surface area contributed by atoms with Gasteiger partial charge in [0.25, 0.3) is 11.5 Å². The summed E-state index contributed by atoms with van der Waals surface area (Å²) >= 11 is 0. The number of hydrogen-bond donors (Lipinski definition) is 2. The van der Waals surface area contributed by atoms with Crippen LogP contribution in [0.4, 0.5) is 11.5 Å². The highest BCUT2D eigenvalue weighted by molar-refractivity contribution is 5.98. The number of anilines is 2. The van der Waals surface area contributed by atoms with Crippen molar-refractivity contribution >= 4 is 23.3 Å². The van der Waals surface area contributed by atoms with Crippen LogP contribution in [0.5, 0.6) is 0 Å². The first kappa shape index (κ1) is 21.0. The Morgan fingerprint density at radius 1 is 1.13 bits per heavy atom. The lowest BCUT2D eigenvalue weighted by Gasteiger charge is -2.38.